The summed E-state index contributed by atoms with van der Waals surface area (Å²) in [6.07, 6.45) is 0.998. The molecule has 0 unspecified atom stereocenters. The monoisotopic (exact) mass is 513 g/mol. The molecule has 1 atom stereocenters. The van der Waals surface area contributed by atoms with Crippen LogP contribution in [0.3, 0.4) is 0 Å². The number of para-hydroxylation sites is 1. The van der Waals surface area contributed by atoms with E-state index in [-0.39, 0.29) is 23.2 Å². The number of rotatable bonds is 8. The van der Waals surface area contributed by atoms with Crippen LogP contribution in [-0.2, 0) is 26.2 Å². The molecule has 2 aromatic carbocycles. The Morgan fingerprint density at radius 3 is 2.06 bits per heavy atom. The van der Waals surface area contributed by atoms with Crippen LogP contribution in [0.25, 0.3) is 0 Å². The molecule has 7 nitrogen and oxygen atoms in total. The van der Waals surface area contributed by atoms with Crippen molar-refractivity contribution in [2.24, 2.45) is 0 Å². The van der Waals surface area contributed by atoms with E-state index in [1.54, 1.807) is 49.4 Å². The van der Waals surface area contributed by atoms with Crippen LogP contribution in [0.15, 0.2) is 48.5 Å². The molecule has 0 fully saturated rings. The average molecular weight is 514 g/mol. The van der Waals surface area contributed by atoms with Crippen molar-refractivity contribution in [1.82, 2.24) is 10.2 Å². The first-order valence-electron chi connectivity index (χ1n) is 10.3. The largest absolute Gasteiger partial charge is 0.350 e. The Labute approximate surface area is 205 Å². The summed E-state index contributed by atoms with van der Waals surface area (Å²) in [7, 11) is -3.85. The Hall–Kier alpha value is -2.29. The van der Waals surface area contributed by atoms with Crippen molar-refractivity contribution in [3.8, 4) is 0 Å². The average Bonchev–Trinajstić information content (AvgIpc) is 2.69. The van der Waals surface area contributed by atoms with Crippen molar-refractivity contribution < 1.29 is 18.0 Å². The minimum Gasteiger partial charge on any atom is -0.350 e. The highest BCUT2D eigenvalue weighted by atomic mass is 35.5. The first-order chi connectivity index (χ1) is 15.2. The number of amides is 2. The molecule has 0 aliphatic heterocycles. The van der Waals surface area contributed by atoms with Gasteiger partial charge in [0.1, 0.15) is 12.6 Å². The number of carbonyl (C=O) groups excluding carboxylic acids is 2. The summed E-state index contributed by atoms with van der Waals surface area (Å²) < 4.78 is 26.0. The zero-order chi connectivity index (χ0) is 25.0. The summed E-state index contributed by atoms with van der Waals surface area (Å²) in [5, 5.41) is 3.48. The van der Waals surface area contributed by atoms with Crippen LogP contribution in [0, 0.1) is 0 Å². The van der Waals surface area contributed by atoms with Gasteiger partial charge in [-0.1, -0.05) is 53.5 Å². The molecule has 33 heavy (non-hydrogen) atoms. The van der Waals surface area contributed by atoms with Gasteiger partial charge in [0.05, 0.1) is 17.0 Å². The molecule has 2 aromatic rings. The summed E-state index contributed by atoms with van der Waals surface area (Å²) in [5.41, 5.74) is 0.298. The molecule has 0 saturated carbocycles. The van der Waals surface area contributed by atoms with E-state index in [4.69, 9.17) is 23.2 Å². The van der Waals surface area contributed by atoms with Gasteiger partial charge in [-0.15, -0.1) is 0 Å². The highest BCUT2D eigenvalue weighted by Crippen LogP contribution is 2.28. The fourth-order valence-electron chi connectivity index (χ4n) is 3.12. The van der Waals surface area contributed by atoms with Crippen molar-refractivity contribution in [1.29, 1.82) is 0 Å². The van der Waals surface area contributed by atoms with Gasteiger partial charge < -0.3 is 10.2 Å². The number of nitrogens with zero attached hydrogens (tertiary/aromatic N) is 2. The third kappa shape index (κ3) is 7.62. The lowest BCUT2D eigenvalue weighted by Gasteiger charge is -2.33. The quantitative estimate of drug-likeness (QED) is 0.575. The molecular formula is C23H29Cl2N3O4S. The maximum Gasteiger partial charge on any atom is 0.244 e. The standard InChI is InChI=1S/C23H29Cl2N3O4S/c1-16(22(30)26-23(2,3)4)27(14-17-10-6-7-11-18(17)24)21(29)15-28(33(5,31)32)20-13-9-8-12-19(20)25/h6-13,16H,14-15H2,1-5H3,(H,26,30)/t16-/m0/s1. The number of hydrogen-bond acceptors (Lipinski definition) is 4. The van der Waals surface area contributed by atoms with Gasteiger partial charge >= 0.3 is 0 Å². The van der Waals surface area contributed by atoms with E-state index < -0.39 is 34.1 Å². The topological polar surface area (TPSA) is 86.8 Å². The summed E-state index contributed by atoms with van der Waals surface area (Å²) in [5.74, 6) is -0.941. The lowest BCUT2D eigenvalue weighted by Crippen LogP contribution is -2.54. The Balaban J connectivity index is 2.43. The van der Waals surface area contributed by atoms with Crippen LogP contribution < -0.4 is 9.62 Å². The molecule has 0 aromatic heterocycles. The third-order valence-corrected chi connectivity index (χ3v) is 6.58. The molecule has 0 aliphatic carbocycles. The van der Waals surface area contributed by atoms with Gasteiger partial charge in [0.2, 0.25) is 21.8 Å². The van der Waals surface area contributed by atoms with Crippen LogP contribution in [0.4, 0.5) is 5.69 Å². The van der Waals surface area contributed by atoms with Crippen molar-refractivity contribution in [2.75, 3.05) is 17.1 Å². The third-order valence-electron chi connectivity index (χ3n) is 4.76. The van der Waals surface area contributed by atoms with Gasteiger partial charge in [-0.3, -0.25) is 13.9 Å². The fraction of sp³-hybridized carbons (Fsp3) is 0.391. The van der Waals surface area contributed by atoms with E-state index in [2.05, 4.69) is 5.32 Å². The summed E-state index contributed by atoms with van der Waals surface area (Å²) in [6.45, 7) is 6.59. The molecule has 0 radical (unpaired) electrons. The fourth-order valence-corrected chi connectivity index (χ4v) is 4.46. The minimum atomic E-state index is -3.85. The van der Waals surface area contributed by atoms with Gasteiger partial charge in [0.15, 0.2) is 0 Å². The molecule has 2 amide bonds. The number of benzene rings is 2. The molecule has 10 heteroatoms. The van der Waals surface area contributed by atoms with E-state index in [1.165, 1.54) is 11.0 Å². The second-order valence-corrected chi connectivity index (χ2v) is 11.5. The highest BCUT2D eigenvalue weighted by molar-refractivity contribution is 7.92. The number of anilines is 1. The lowest BCUT2D eigenvalue weighted by molar-refractivity contribution is -0.140. The van der Waals surface area contributed by atoms with Gasteiger partial charge in [-0.2, -0.15) is 0 Å². The maximum atomic E-state index is 13.5. The second kappa shape index (κ2) is 10.8. The van der Waals surface area contributed by atoms with Crippen LogP contribution >= 0.6 is 23.2 Å². The second-order valence-electron chi connectivity index (χ2n) is 8.75. The number of hydrogen-bond donors (Lipinski definition) is 1. The van der Waals surface area contributed by atoms with Gasteiger partial charge in [-0.05, 0) is 51.5 Å². The van der Waals surface area contributed by atoms with Crippen LogP contribution in [0.5, 0.6) is 0 Å². The Morgan fingerprint density at radius 2 is 1.55 bits per heavy atom. The molecular weight excluding hydrogens is 485 g/mol. The van der Waals surface area contributed by atoms with Crippen molar-refractivity contribution >= 4 is 50.7 Å². The van der Waals surface area contributed by atoms with E-state index in [1.807, 2.05) is 20.8 Å². The number of halogens is 2. The molecule has 0 aliphatic rings. The van der Waals surface area contributed by atoms with E-state index in [9.17, 15) is 18.0 Å². The number of nitrogens with one attached hydrogen (secondary N) is 1. The van der Waals surface area contributed by atoms with E-state index in [0.29, 0.717) is 10.6 Å². The predicted octanol–water partition coefficient (Wildman–Crippen LogP) is 4.09. The maximum absolute atomic E-state index is 13.5. The van der Waals surface area contributed by atoms with E-state index in [0.717, 1.165) is 10.6 Å². The molecule has 0 spiro atoms. The van der Waals surface area contributed by atoms with Crippen molar-refractivity contribution in [3.05, 3.63) is 64.1 Å². The summed E-state index contributed by atoms with van der Waals surface area (Å²) in [4.78, 5) is 27.7. The molecule has 180 valence electrons. The Kier molecular flexibility index (Phi) is 8.79. The predicted molar refractivity (Wildman–Crippen MR) is 133 cm³/mol. The van der Waals surface area contributed by atoms with Crippen LogP contribution in [-0.4, -0.2) is 49.5 Å². The minimum absolute atomic E-state index is 0.0252. The smallest absolute Gasteiger partial charge is 0.244 e. The Morgan fingerprint density at radius 1 is 1.00 bits per heavy atom. The number of sulfonamides is 1. The van der Waals surface area contributed by atoms with Gasteiger partial charge in [0.25, 0.3) is 0 Å². The summed E-state index contributed by atoms with van der Waals surface area (Å²) >= 11 is 12.5. The molecule has 0 saturated heterocycles. The van der Waals surface area contributed by atoms with Gasteiger partial charge in [-0.25, -0.2) is 8.42 Å². The first kappa shape index (κ1) is 27.0. The van der Waals surface area contributed by atoms with Crippen LogP contribution in [0.1, 0.15) is 33.3 Å². The van der Waals surface area contributed by atoms with Gasteiger partial charge in [0, 0.05) is 17.1 Å². The zero-order valence-electron chi connectivity index (χ0n) is 19.3. The molecule has 1 N–H and O–H groups in total. The summed E-state index contributed by atoms with van der Waals surface area (Å²) in [6, 6.07) is 12.4. The van der Waals surface area contributed by atoms with E-state index >= 15 is 0 Å². The molecule has 0 heterocycles. The first-order valence-corrected chi connectivity index (χ1v) is 12.9. The van der Waals surface area contributed by atoms with Crippen molar-refractivity contribution in [3.63, 3.8) is 0 Å². The highest BCUT2D eigenvalue weighted by Gasteiger charge is 2.32. The molecule has 2 rings (SSSR count). The number of carbonyl (C=O) groups is 2. The Bertz CT molecular complexity index is 1120. The SMILES string of the molecule is C[C@@H](C(=O)NC(C)(C)C)N(Cc1ccccc1Cl)C(=O)CN(c1ccccc1Cl)S(C)(=O)=O. The zero-order valence-corrected chi connectivity index (χ0v) is 21.6. The molecule has 0 bridgehead atoms. The van der Waals surface area contributed by atoms with Crippen molar-refractivity contribution in [2.45, 2.75) is 45.8 Å². The van der Waals surface area contributed by atoms with Crippen LogP contribution in [0.2, 0.25) is 10.0 Å². The normalized spacial score (nSPS) is 12.7. The lowest BCUT2D eigenvalue weighted by atomic mass is 10.1.